The van der Waals surface area contributed by atoms with Gasteiger partial charge in [-0.05, 0) is 15.9 Å². The highest BCUT2D eigenvalue weighted by atomic mass is 79.9. The smallest absolute Gasteiger partial charge is 0.228 e. The van der Waals surface area contributed by atoms with E-state index >= 15 is 0 Å². The Morgan fingerprint density at radius 3 is 0.842 bits per heavy atom. The summed E-state index contributed by atoms with van der Waals surface area (Å²) in [5.41, 5.74) is -7.52. The highest BCUT2D eigenvalue weighted by molar-refractivity contribution is 9.09. The topological polar surface area (TPSA) is 0 Å². The highest BCUT2D eigenvalue weighted by Crippen LogP contribution is 2.67. The van der Waals surface area contributed by atoms with Gasteiger partial charge in [-0.25, -0.2) is 13.2 Å². The Morgan fingerprint density at radius 2 is 0.789 bits per heavy atom. The summed E-state index contributed by atoms with van der Waals surface area (Å²) in [6, 6.07) is 0. The molecule has 0 nitrogen and oxygen atoms in total. The van der Waals surface area contributed by atoms with Crippen molar-refractivity contribution in [3.63, 3.8) is 0 Å². The molecule has 0 rings (SSSR count). The predicted octanol–water partition coefficient (Wildman–Crippen LogP) is 4.99. The molecule has 0 aliphatic carbocycles. The van der Waals surface area contributed by atoms with Gasteiger partial charge in [0.25, 0.3) is 0 Å². The Labute approximate surface area is 104 Å². The number of hydrogen-bond acceptors (Lipinski definition) is 0. The third kappa shape index (κ3) is 2.49. The lowest BCUT2D eigenvalue weighted by atomic mass is 9.78. The summed E-state index contributed by atoms with van der Waals surface area (Å²) in [6.45, 7) is 0. The lowest BCUT2D eigenvalue weighted by Gasteiger charge is -2.43. The summed E-state index contributed by atoms with van der Waals surface area (Å²) in [4.78, 5) is 0. The molecule has 0 amide bonds. The third-order valence-corrected chi connectivity index (χ3v) is 2.62. The van der Waals surface area contributed by atoms with E-state index in [0.29, 0.717) is 0 Å². The van der Waals surface area contributed by atoms with Crippen molar-refractivity contribution in [1.82, 2.24) is 0 Å². The van der Waals surface area contributed by atoms with Crippen LogP contribution in [0.15, 0.2) is 0 Å². The Balaban J connectivity index is 6.63. The minimum Gasteiger partial charge on any atom is -0.228 e. The zero-order chi connectivity index (χ0) is 16.1. The fourth-order valence-corrected chi connectivity index (χ4v) is 1.56. The summed E-state index contributed by atoms with van der Waals surface area (Å²) in [6.07, 6.45) is -22.6. The molecule has 0 spiro atoms. The maximum atomic E-state index is 12.8. The molecule has 1 atom stereocenters. The standard InChI is InChI=1S/C6HBrF12/c7-1(8)2(9,10)3(4(11,12)13,5(14,15)16)6(17,18)19/h1H. The van der Waals surface area contributed by atoms with Crippen LogP contribution in [0.1, 0.15) is 0 Å². The number of halogens is 13. The van der Waals surface area contributed by atoms with Crippen LogP contribution in [-0.4, -0.2) is 29.5 Å². The lowest BCUT2D eigenvalue weighted by molar-refractivity contribution is -0.477. The van der Waals surface area contributed by atoms with Crippen LogP contribution in [0.5, 0.6) is 0 Å². The summed E-state index contributed by atoms with van der Waals surface area (Å²) >= 11 is 0.993. The molecule has 0 saturated carbocycles. The molecule has 0 aliphatic heterocycles. The summed E-state index contributed by atoms with van der Waals surface area (Å²) in [5.74, 6) is -6.86. The molecule has 0 bridgehead atoms. The van der Waals surface area contributed by atoms with Crippen molar-refractivity contribution < 1.29 is 52.7 Å². The van der Waals surface area contributed by atoms with Crippen LogP contribution in [0.25, 0.3) is 0 Å². The first-order valence-corrected chi connectivity index (χ1v) is 4.72. The highest BCUT2D eigenvalue weighted by Gasteiger charge is 2.94. The van der Waals surface area contributed by atoms with E-state index in [9.17, 15) is 52.7 Å². The van der Waals surface area contributed by atoms with E-state index in [2.05, 4.69) is 0 Å². The largest absolute Gasteiger partial charge is 0.418 e. The Bertz CT molecular complexity index is 283. The molecule has 0 aromatic carbocycles. The van der Waals surface area contributed by atoms with Crippen LogP contribution >= 0.6 is 15.9 Å². The second kappa shape index (κ2) is 4.58. The van der Waals surface area contributed by atoms with E-state index in [-0.39, 0.29) is 0 Å². The minimum atomic E-state index is -7.52. The maximum absolute atomic E-state index is 12.8. The van der Waals surface area contributed by atoms with E-state index in [1.54, 1.807) is 0 Å². The van der Waals surface area contributed by atoms with Crippen LogP contribution in [-0.2, 0) is 0 Å². The van der Waals surface area contributed by atoms with E-state index in [4.69, 9.17) is 0 Å². The molecule has 13 heteroatoms. The van der Waals surface area contributed by atoms with Gasteiger partial charge in [-0.3, -0.25) is 0 Å². The van der Waals surface area contributed by atoms with Gasteiger partial charge in [0.2, 0.25) is 5.08 Å². The van der Waals surface area contributed by atoms with Gasteiger partial charge in [0.05, 0.1) is 0 Å². The van der Waals surface area contributed by atoms with Crippen molar-refractivity contribution in [1.29, 1.82) is 0 Å². The van der Waals surface area contributed by atoms with E-state index in [0.717, 1.165) is 15.9 Å². The summed E-state index contributed by atoms with van der Waals surface area (Å²) in [5, 5.41) is -4.52. The molecular formula is C6HBrF12. The van der Waals surface area contributed by atoms with Crippen molar-refractivity contribution in [3.8, 4) is 0 Å². The Hall–Kier alpha value is -0.360. The van der Waals surface area contributed by atoms with Crippen molar-refractivity contribution in [3.05, 3.63) is 0 Å². The average molecular weight is 381 g/mol. The summed E-state index contributed by atoms with van der Waals surface area (Å²) in [7, 11) is 0. The van der Waals surface area contributed by atoms with Crippen LogP contribution < -0.4 is 0 Å². The molecule has 0 aromatic rings. The molecule has 0 fully saturated rings. The molecule has 0 N–H and O–H groups in total. The molecule has 0 saturated heterocycles. The zero-order valence-electron chi connectivity index (χ0n) is 7.99. The van der Waals surface area contributed by atoms with Gasteiger partial charge in [0.1, 0.15) is 0 Å². The molecule has 0 aliphatic rings. The average Bonchev–Trinajstić information content (AvgIpc) is 1.92. The predicted molar refractivity (Wildman–Crippen MR) is 39.4 cm³/mol. The SMILES string of the molecule is FC(Br)C(F)(F)C(C(F)(F)F)(C(F)(F)F)C(F)(F)F. The van der Waals surface area contributed by atoms with Gasteiger partial charge in [-0.15, -0.1) is 0 Å². The third-order valence-electron chi connectivity index (χ3n) is 2.05. The van der Waals surface area contributed by atoms with Crippen molar-refractivity contribution in [2.45, 2.75) is 29.5 Å². The van der Waals surface area contributed by atoms with Gasteiger partial charge >= 0.3 is 29.9 Å². The van der Waals surface area contributed by atoms with Crippen molar-refractivity contribution >= 4 is 15.9 Å². The Kier molecular flexibility index (Phi) is 4.50. The molecular weight excluding hydrogens is 380 g/mol. The van der Waals surface area contributed by atoms with Crippen molar-refractivity contribution in [2.75, 3.05) is 0 Å². The normalized spacial score (nSPS) is 17.5. The van der Waals surface area contributed by atoms with Gasteiger partial charge in [-0.2, -0.15) is 39.5 Å². The fraction of sp³-hybridized carbons (Fsp3) is 1.00. The molecule has 0 radical (unpaired) electrons. The maximum Gasteiger partial charge on any atom is 0.418 e. The minimum absolute atomic E-state index is 0.993. The number of rotatable bonds is 2. The summed E-state index contributed by atoms with van der Waals surface area (Å²) < 4.78 is 147. The second-order valence-electron chi connectivity index (χ2n) is 3.17. The Morgan fingerprint density at radius 1 is 0.579 bits per heavy atom. The molecule has 1 unspecified atom stereocenters. The van der Waals surface area contributed by atoms with Gasteiger partial charge in [0, 0.05) is 0 Å². The van der Waals surface area contributed by atoms with Crippen LogP contribution in [0.2, 0.25) is 0 Å². The molecule has 116 valence electrons. The van der Waals surface area contributed by atoms with E-state index < -0.39 is 34.9 Å². The van der Waals surface area contributed by atoms with Crippen LogP contribution in [0, 0.1) is 5.41 Å². The van der Waals surface area contributed by atoms with Gasteiger partial charge < -0.3 is 0 Å². The number of alkyl halides is 13. The fourth-order valence-electron chi connectivity index (χ4n) is 1.21. The first-order valence-electron chi connectivity index (χ1n) is 3.80. The second-order valence-corrected chi connectivity index (χ2v) is 3.97. The van der Waals surface area contributed by atoms with Gasteiger partial charge in [-0.1, -0.05) is 0 Å². The quantitative estimate of drug-likeness (QED) is 0.468. The zero-order valence-corrected chi connectivity index (χ0v) is 9.58. The van der Waals surface area contributed by atoms with Crippen LogP contribution in [0.3, 0.4) is 0 Å². The lowest BCUT2D eigenvalue weighted by Crippen LogP contribution is -2.70. The van der Waals surface area contributed by atoms with Crippen LogP contribution in [0.4, 0.5) is 52.7 Å². The first kappa shape index (κ1) is 18.6. The monoisotopic (exact) mass is 380 g/mol. The molecule has 0 aromatic heterocycles. The van der Waals surface area contributed by atoms with Gasteiger partial charge in [0.15, 0.2) is 0 Å². The van der Waals surface area contributed by atoms with E-state index in [1.807, 2.05) is 0 Å². The first-order chi connectivity index (χ1) is 7.94. The number of hydrogen-bond donors (Lipinski definition) is 0. The van der Waals surface area contributed by atoms with Crippen molar-refractivity contribution in [2.24, 2.45) is 5.41 Å². The molecule has 0 heterocycles. The molecule has 19 heavy (non-hydrogen) atoms. The van der Waals surface area contributed by atoms with E-state index in [1.165, 1.54) is 0 Å².